The SMILES string of the molecule is C[C@H]1[C@H]2[C@H](C[C@H]3[C@@H]4CC(=O)[C@@H]5C[C@@H](O[C@H]6O[C@@H](CO[C@H]7OC[C@H](O)[C@@H](O)[C@@H]7O)[C@H](O)[C@@H](O)[C@@H]6O)CC[C@]5(C)[C@@H]4CC[C@]23C)O[C@]12CC[C@H](CO)CO2. The molecular formula is C38H60O14. The first kappa shape index (κ1) is 38.0. The molecule has 0 aromatic rings. The van der Waals surface area contributed by atoms with E-state index < -0.39 is 67.2 Å². The fourth-order valence-electron chi connectivity index (χ4n) is 12.7. The van der Waals surface area contributed by atoms with Crippen LogP contribution in [0.1, 0.15) is 78.6 Å². The number of ketones is 1. The highest BCUT2D eigenvalue weighted by molar-refractivity contribution is 5.83. The number of aliphatic hydroxyl groups is 7. The lowest BCUT2D eigenvalue weighted by Gasteiger charge is -2.60. The monoisotopic (exact) mass is 740 g/mol. The molecule has 296 valence electrons. The van der Waals surface area contributed by atoms with Crippen LogP contribution in [0, 0.1) is 52.3 Å². The number of Topliss-reactive ketones (excluding diaryl/α,β-unsaturated/α-hetero) is 1. The maximum atomic E-state index is 14.2. The first-order chi connectivity index (χ1) is 24.7. The predicted molar refractivity (Wildman–Crippen MR) is 179 cm³/mol. The topological polar surface area (TPSA) is 214 Å². The van der Waals surface area contributed by atoms with Crippen LogP contribution >= 0.6 is 0 Å². The summed E-state index contributed by atoms with van der Waals surface area (Å²) < 4.78 is 36.3. The predicted octanol–water partition coefficient (Wildman–Crippen LogP) is 0.233. The quantitative estimate of drug-likeness (QED) is 0.182. The van der Waals surface area contributed by atoms with Crippen LogP contribution in [0.3, 0.4) is 0 Å². The Morgan fingerprint density at radius 1 is 0.827 bits per heavy atom. The van der Waals surface area contributed by atoms with Crippen LogP contribution < -0.4 is 0 Å². The molecule has 4 heterocycles. The van der Waals surface area contributed by atoms with E-state index in [4.69, 9.17) is 28.4 Å². The number of rotatable bonds is 6. The number of carbonyl (C=O) groups excluding carboxylic acids is 1. The molecule has 0 radical (unpaired) electrons. The second kappa shape index (κ2) is 14.0. The van der Waals surface area contributed by atoms with Crippen molar-refractivity contribution < 1.29 is 69.0 Å². The van der Waals surface area contributed by atoms with Gasteiger partial charge in [0, 0.05) is 37.2 Å². The molecule has 0 bridgehead atoms. The van der Waals surface area contributed by atoms with Crippen LogP contribution in [0.4, 0.5) is 0 Å². The van der Waals surface area contributed by atoms with E-state index >= 15 is 0 Å². The van der Waals surface area contributed by atoms with Crippen molar-refractivity contribution in [2.45, 2.75) is 152 Å². The Labute approximate surface area is 305 Å². The summed E-state index contributed by atoms with van der Waals surface area (Å²) in [5.41, 5.74) is -0.117. The number of carbonyl (C=O) groups is 1. The Kier molecular flexibility index (Phi) is 10.2. The third kappa shape index (κ3) is 5.97. The van der Waals surface area contributed by atoms with E-state index in [0.29, 0.717) is 49.5 Å². The van der Waals surface area contributed by atoms with Crippen molar-refractivity contribution in [2.75, 3.05) is 26.4 Å². The van der Waals surface area contributed by atoms with E-state index in [2.05, 4.69) is 20.8 Å². The fraction of sp³-hybridized carbons (Fsp3) is 0.974. The zero-order valence-corrected chi connectivity index (χ0v) is 30.6. The molecule has 52 heavy (non-hydrogen) atoms. The molecule has 0 aromatic carbocycles. The zero-order chi connectivity index (χ0) is 36.9. The maximum Gasteiger partial charge on any atom is 0.186 e. The van der Waals surface area contributed by atoms with Crippen LogP contribution in [-0.2, 0) is 33.2 Å². The largest absolute Gasteiger partial charge is 0.396 e. The molecule has 0 aromatic heterocycles. The van der Waals surface area contributed by atoms with Crippen molar-refractivity contribution in [3.05, 3.63) is 0 Å². The third-order valence-corrected chi connectivity index (χ3v) is 15.7. The van der Waals surface area contributed by atoms with Crippen LogP contribution in [0.25, 0.3) is 0 Å². The summed E-state index contributed by atoms with van der Waals surface area (Å²) in [5, 5.41) is 71.8. The molecule has 7 N–H and O–H groups in total. The number of hydrogen-bond acceptors (Lipinski definition) is 14. The Hall–Kier alpha value is -0.850. The summed E-state index contributed by atoms with van der Waals surface area (Å²) >= 11 is 0. The summed E-state index contributed by atoms with van der Waals surface area (Å²) in [5.74, 6) is 1.39. The highest BCUT2D eigenvalue weighted by atomic mass is 16.7. The molecular weight excluding hydrogens is 680 g/mol. The first-order valence-electron chi connectivity index (χ1n) is 19.8. The highest BCUT2D eigenvalue weighted by Gasteiger charge is 2.70. The van der Waals surface area contributed by atoms with Crippen LogP contribution in [0.5, 0.6) is 0 Å². The van der Waals surface area contributed by atoms with E-state index in [9.17, 15) is 40.5 Å². The van der Waals surface area contributed by atoms with Crippen LogP contribution in [-0.4, -0.2) is 141 Å². The minimum atomic E-state index is -1.60. The van der Waals surface area contributed by atoms with Gasteiger partial charge in [0.25, 0.3) is 0 Å². The van der Waals surface area contributed by atoms with Gasteiger partial charge in [0.1, 0.15) is 48.5 Å². The normalized spacial score (nSPS) is 57.6. The van der Waals surface area contributed by atoms with Gasteiger partial charge in [-0.3, -0.25) is 4.79 Å². The van der Waals surface area contributed by atoms with Gasteiger partial charge >= 0.3 is 0 Å². The first-order valence-corrected chi connectivity index (χ1v) is 19.8. The second-order valence-electron chi connectivity index (χ2n) is 18.2. The summed E-state index contributed by atoms with van der Waals surface area (Å²) in [6.07, 6.45) is -5.72. The number of hydrogen-bond donors (Lipinski definition) is 7. The summed E-state index contributed by atoms with van der Waals surface area (Å²) in [4.78, 5) is 14.2. The summed E-state index contributed by atoms with van der Waals surface area (Å²) in [6, 6.07) is 0. The van der Waals surface area contributed by atoms with E-state index in [-0.39, 0.29) is 60.3 Å². The van der Waals surface area contributed by atoms with Gasteiger partial charge < -0.3 is 64.2 Å². The van der Waals surface area contributed by atoms with Crippen molar-refractivity contribution in [3.63, 3.8) is 0 Å². The third-order valence-electron chi connectivity index (χ3n) is 15.7. The lowest BCUT2D eigenvalue weighted by molar-refractivity contribution is -0.330. The number of aliphatic hydroxyl groups excluding tert-OH is 7. The van der Waals surface area contributed by atoms with Gasteiger partial charge in [-0.25, -0.2) is 0 Å². The van der Waals surface area contributed by atoms with Crippen molar-refractivity contribution in [1.82, 2.24) is 0 Å². The lowest BCUT2D eigenvalue weighted by Crippen LogP contribution is -2.61. The van der Waals surface area contributed by atoms with Crippen LogP contribution in [0.2, 0.25) is 0 Å². The van der Waals surface area contributed by atoms with Crippen LogP contribution in [0.15, 0.2) is 0 Å². The van der Waals surface area contributed by atoms with Gasteiger partial charge in [-0.15, -0.1) is 0 Å². The highest BCUT2D eigenvalue weighted by Crippen LogP contribution is 2.71. The minimum absolute atomic E-state index is 0.0676. The van der Waals surface area contributed by atoms with Crippen molar-refractivity contribution in [2.24, 2.45) is 52.3 Å². The molecule has 0 amide bonds. The molecule has 4 saturated carbocycles. The second-order valence-corrected chi connectivity index (χ2v) is 18.2. The Morgan fingerprint density at radius 2 is 1.58 bits per heavy atom. The van der Waals surface area contributed by atoms with Crippen molar-refractivity contribution in [3.8, 4) is 0 Å². The standard InChI is InChI=1S/C38H60O14/c1-17-28-26(52-38(17)9-4-18(13-39)14-49-38)12-22-20-11-24(40)23-10-19(5-7-36(23,2)21(20)6-8-37(22,28)3)50-35-33(46)31(44)30(43)27(51-35)16-48-34-32(45)29(42)25(41)15-47-34/h17-23,25-35,39,41-46H,4-16H2,1-3H3/t17-,18+,19-,20+,21+,22-,23-,25-,26-,27-,28-,29+,30-,31+,32-,33-,34+,35-,36+,37-,38+/m0/s1. The van der Waals surface area contributed by atoms with Gasteiger partial charge in [-0.2, -0.15) is 0 Å². The molecule has 8 rings (SSSR count). The maximum absolute atomic E-state index is 14.2. The molecule has 4 aliphatic carbocycles. The van der Waals surface area contributed by atoms with E-state index in [1.54, 1.807) is 0 Å². The van der Waals surface area contributed by atoms with Crippen molar-refractivity contribution >= 4 is 5.78 Å². The molecule has 0 unspecified atom stereocenters. The molecule has 14 heteroatoms. The number of fused-ring (bicyclic) bond motifs is 7. The number of ether oxygens (including phenoxy) is 6. The molecule has 4 saturated heterocycles. The van der Waals surface area contributed by atoms with Gasteiger partial charge in [0.15, 0.2) is 18.4 Å². The molecule has 1 spiro atoms. The van der Waals surface area contributed by atoms with E-state index in [1.165, 1.54) is 0 Å². The summed E-state index contributed by atoms with van der Waals surface area (Å²) in [6.45, 7) is 7.09. The smallest absolute Gasteiger partial charge is 0.186 e. The van der Waals surface area contributed by atoms with Gasteiger partial charge in [-0.1, -0.05) is 20.8 Å². The van der Waals surface area contributed by atoms with Gasteiger partial charge in [0.2, 0.25) is 0 Å². The van der Waals surface area contributed by atoms with Gasteiger partial charge in [-0.05, 0) is 79.4 Å². The Morgan fingerprint density at radius 3 is 2.31 bits per heavy atom. The average Bonchev–Trinajstić information content (AvgIpc) is 3.57. The van der Waals surface area contributed by atoms with E-state index in [0.717, 1.165) is 38.5 Å². The van der Waals surface area contributed by atoms with Gasteiger partial charge in [0.05, 0.1) is 32.0 Å². The van der Waals surface area contributed by atoms with E-state index in [1.807, 2.05) is 0 Å². The molecule has 4 aliphatic heterocycles. The molecule has 21 atom stereocenters. The fourth-order valence-corrected chi connectivity index (χ4v) is 12.7. The Balaban J connectivity index is 0.906. The average molecular weight is 741 g/mol. The Bertz CT molecular complexity index is 1310. The minimum Gasteiger partial charge on any atom is -0.396 e. The molecule has 14 nitrogen and oxygen atoms in total. The summed E-state index contributed by atoms with van der Waals surface area (Å²) in [7, 11) is 0. The zero-order valence-electron chi connectivity index (χ0n) is 30.6. The lowest BCUT2D eigenvalue weighted by atomic mass is 9.44. The molecule has 8 fully saturated rings. The molecule has 8 aliphatic rings. The van der Waals surface area contributed by atoms with Crippen molar-refractivity contribution in [1.29, 1.82) is 0 Å².